The van der Waals surface area contributed by atoms with Gasteiger partial charge in [-0.3, -0.25) is 4.90 Å². The second-order valence-electron chi connectivity index (χ2n) is 7.54. The molecule has 1 aliphatic carbocycles. The van der Waals surface area contributed by atoms with Crippen LogP contribution < -0.4 is 0 Å². The summed E-state index contributed by atoms with van der Waals surface area (Å²) in [6.45, 7) is 4.96. The van der Waals surface area contributed by atoms with Crippen LogP contribution >= 0.6 is 0 Å². The Morgan fingerprint density at radius 3 is 3.00 bits per heavy atom. The molecule has 2 fully saturated rings. The molecule has 0 amide bonds. The maximum atomic E-state index is 5.39. The number of fused-ring (bicyclic) bond motifs is 1. The molecule has 6 heteroatoms. The smallest absolute Gasteiger partial charge is 0.229 e. The lowest BCUT2D eigenvalue weighted by Gasteiger charge is -2.30. The molecule has 3 heterocycles. The summed E-state index contributed by atoms with van der Waals surface area (Å²) in [5, 5.41) is 4.16. The SMILES string of the molecule is Cc1ccc2nc([C@@H]3CCCN(Cc4noc(C5CC5)n4)C3)[nH]c2c1. The molecule has 2 aromatic heterocycles. The number of nitrogens with one attached hydrogen (secondary N) is 1. The molecule has 3 aromatic rings. The van der Waals surface area contributed by atoms with Gasteiger partial charge in [0.05, 0.1) is 17.6 Å². The summed E-state index contributed by atoms with van der Waals surface area (Å²) >= 11 is 0. The molecule has 25 heavy (non-hydrogen) atoms. The number of likely N-dealkylation sites (tertiary alicyclic amines) is 1. The van der Waals surface area contributed by atoms with E-state index in [4.69, 9.17) is 9.51 Å². The van der Waals surface area contributed by atoms with E-state index in [0.717, 1.165) is 48.2 Å². The van der Waals surface area contributed by atoms with Crippen molar-refractivity contribution in [3.05, 3.63) is 41.3 Å². The average molecular weight is 337 g/mol. The molecule has 0 bridgehead atoms. The summed E-state index contributed by atoms with van der Waals surface area (Å²) in [6.07, 6.45) is 4.74. The van der Waals surface area contributed by atoms with Crippen molar-refractivity contribution >= 4 is 11.0 Å². The molecule has 1 aromatic carbocycles. The summed E-state index contributed by atoms with van der Waals surface area (Å²) in [6, 6.07) is 6.39. The number of hydrogen-bond donors (Lipinski definition) is 1. The molecular formula is C19H23N5O. The minimum absolute atomic E-state index is 0.441. The second kappa shape index (κ2) is 5.95. The summed E-state index contributed by atoms with van der Waals surface area (Å²) in [4.78, 5) is 15.3. The third-order valence-corrected chi connectivity index (χ3v) is 5.32. The van der Waals surface area contributed by atoms with Crippen molar-refractivity contribution < 1.29 is 4.52 Å². The van der Waals surface area contributed by atoms with Gasteiger partial charge in [-0.25, -0.2) is 4.98 Å². The molecule has 1 N–H and O–H groups in total. The largest absolute Gasteiger partial charge is 0.342 e. The zero-order chi connectivity index (χ0) is 16.8. The van der Waals surface area contributed by atoms with Crippen LogP contribution in [0.15, 0.2) is 22.7 Å². The highest BCUT2D eigenvalue weighted by Crippen LogP contribution is 2.39. The maximum Gasteiger partial charge on any atom is 0.229 e. The Balaban J connectivity index is 1.30. The molecule has 0 radical (unpaired) electrons. The van der Waals surface area contributed by atoms with E-state index in [2.05, 4.69) is 45.1 Å². The van der Waals surface area contributed by atoms with E-state index >= 15 is 0 Å². The van der Waals surface area contributed by atoms with Crippen molar-refractivity contribution in [2.75, 3.05) is 13.1 Å². The van der Waals surface area contributed by atoms with Crippen LogP contribution in [0.5, 0.6) is 0 Å². The first-order valence-electron chi connectivity index (χ1n) is 9.26. The van der Waals surface area contributed by atoms with Gasteiger partial charge in [0.15, 0.2) is 5.82 Å². The first-order valence-corrected chi connectivity index (χ1v) is 9.26. The molecule has 0 spiro atoms. The van der Waals surface area contributed by atoms with Gasteiger partial charge in [0.2, 0.25) is 5.89 Å². The number of aromatic nitrogens is 4. The number of hydrogen-bond acceptors (Lipinski definition) is 5. The number of imidazole rings is 1. The van der Waals surface area contributed by atoms with Crippen molar-refractivity contribution in [1.29, 1.82) is 0 Å². The Morgan fingerprint density at radius 1 is 1.20 bits per heavy atom. The van der Waals surface area contributed by atoms with Crippen LogP contribution in [0, 0.1) is 6.92 Å². The Kier molecular flexibility index (Phi) is 3.59. The lowest BCUT2D eigenvalue weighted by Crippen LogP contribution is -2.34. The summed E-state index contributed by atoms with van der Waals surface area (Å²) < 4.78 is 5.39. The lowest BCUT2D eigenvalue weighted by atomic mass is 9.97. The highest BCUT2D eigenvalue weighted by atomic mass is 16.5. The number of aromatic amines is 1. The number of aryl methyl sites for hydroxylation is 1. The third kappa shape index (κ3) is 3.06. The molecule has 1 saturated heterocycles. The van der Waals surface area contributed by atoms with E-state index in [1.54, 1.807) is 0 Å². The molecule has 1 aliphatic heterocycles. The van der Waals surface area contributed by atoms with Gasteiger partial charge in [-0.1, -0.05) is 11.2 Å². The first kappa shape index (κ1) is 15.1. The van der Waals surface area contributed by atoms with Crippen LogP contribution in [-0.2, 0) is 6.54 Å². The number of benzene rings is 1. The quantitative estimate of drug-likeness (QED) is 0.789. The standard InChI is InChI=1S/C19H23N5O/c1-12-4-7-15-16(9-12)21-18(20-15)14-3-2-8-24(10-14)11-17-22-19(25-23-17)13-5-6-13/h4,7,9,13-14H,2-3,5-6,8,10-11H2,1H3,(H,20,21)/t14-/m1/s1. The fraction of sp³-hybridized carbons (Fsp3) is 0.526. The van der Waals surface area contributed by atoms with Gasteiger partial charge in [-0.2, -0.15) is 4.98 Å². The van der Waals surface area contributed by atoms with E-state index in [1.165, 1.54) is 31.2 Å². The fourth-order valence-corrected chi connectivity index (χ4v) is 3.79. The van der Waals surface area contributed by atoms with Crippen LogP contribution in [0.25, 0.3) is 11.0 Å². The lowest BCUT2D eigenvalue weighted by molar-refractivity contribution is 0.190. The number of nitrogens with zero attached hydrogens (tertiary/aromatic N) is 4. The summed E-state index contributed by atoms with van der Waals surface area (Å²) in [5.74, 6) is 3.72. The zero-order valence-electron chi connectivity index (χ0n) is 14.5. The molecule has 1 atom stereocenters. The molecule has 5 rings (SSSR count). The van der Waals surface area contributed by atoms with Crippen molar-refractivity contribution in [1.82, 2.24) is 25.0 Å². The number of piperidine rings is 1. The van der Waals surface area contributed by atoms with Crippen LogP contribution in [0.2, 0.25) is 0 Å². The van der Waals surface area contributed by atoms with Crippen LogP contribution in [0.1, 0.15) is 60.6 Å². The highest BCUT2D eigenvalue weighted by molar-refractivity contribution is 5.75. The van der Waals surface area contributed by atoms with E-state index in [0.29, 0.717) is 11.8 Å². The molecule has 1 saturated carbocycles. The molecular weight excluding hydrogens is 314 g/mol. The van der Waals surface area contributed by atoms with Crippen LogP contribution in [-0.4, -0.2) is 38.1 Å². The van der Waals surface area contributed by atoms with E-state index in [-0.39, 0.29) is 0 Å². The van der Waals surface area contributed by atoms with Crippen molar-refractivity contribution in [3.63, 3.8) is 0 Å². The van der Waals surface area contributed by atoms with E-state index in [1.807, 2.05) is 0 Å². The van der Waals surface area contributed by atoms with Gasteiger partial charge in [0.1, 0.15) is 5.82 Å². The Morgan fingerprint density at radius 2 is 2.12 bits per heavy atom. The van der Waals surface area contributed by atoms with Gasteiger partial charge in [0, 0.05) is 18.4 Å². The normalized spacial score (nSPS) is 21.9. The minimum atomic E-state index is 0.441. The number of H-pyrrole nitrogens is 1. The van der Waals surface area contributed by atoms with Crippen molar-refractivity contribution in [3.8, 4) is 0 Å². The summed E-state index contributed by atoms with van der Waals surface area (Å²) in [7, 11) is 0. The molecule has 0 unspecified atom stereocenters. The zero-order valence-corrected chi connectivity index (χ0v) is 14.5. The predicted octanol–water partition coefficient (Wildman–Crippen LogP) is 3.51. The van der Waals surface area contributed by atoms with E-state index in [9.17, 15) is 0 Å². The Bertz CT molecular complexity index is 894. The third-order valence-electron chi connectivity index (χ3n) is 5.32. The van der Waals surface area contributed by atoms with Gasteiger partial charge in [0.25, 0.3) is 0 Å². The van der Waals surface area contributed by atoms with Crippen molar-refractivity contribution in [2.45, 2.75) is 51.0 Å². The van der Waals surface area contributed by atoms with Crippen LogP contribution in [0.3, 0.4) is 0 Å². The highest BCUT2D eigenvalue weighted by Gasteiger charge is 2.30. The van der Waals surface area contributed by atoms with E-state index < -0.39 is 0 Å². The van der Waals surface area contributed by atoms with Gasteiger partial charge < -0.3 is 9.51 Å². The van der Waals surface area contributed by atoms with Gasteiger partial charge >= 0.3 is 0 Å². The van der Waals surface area contributed by atoms with Crippen molar-refractivity contribution in [2.24, 2.45) is 0 Å². The maximum absolute atomic E-state index is 5.39. The van der Waals surface area contributed by atoms with Gasteiger partial charge in [-0.05, 0) is 56.8 Å². The first-order chi connectivity index (χ1) is 12.2. The molecule has 130 valence electrons. The fourth-order valence-electron chi connectivity index (χ4n) is 3.79. The average Bonchev–Trinajstić information content (AvgIpc) is 3.21. The monoisotopic (exact) mass is 337 g/mol. The minimum Gasteiger partial charge on any atom is -0.342 e. The number of rotatable bonds is 4. The summed E-state index contributed by atoms with van der Waals surface area (Å²) in [5.41, 5.74) is 3.46. The topological polar surface area (TPSA) is 70.8 Å². The molecule has 2 aliphatic rings. The predicted molar refractivity (Wildman–Crippen MR) is 94.4 cm³/mol. The van der Waals surface area contributed by atoms with Crippen LogP contribution in [0.4, 0.5) is 0 Å². The molecule has 6 nitrogen and oxygen atoms in total. The Labute approximate surface area is 146 Å². The Hall–Kier alpha value is -2.21. The second-order valence-corrected chi connectivity index (χ2v) is 7.54. The van der Waals surface area contributed by atoms with Gasteiger partial charge in [-0.15, -0.1) is 0 Å².